The predicted molar refractivity (Wildman–Crippen MR) is 93.4 cm³/mol. The molecule has 7 heteroatoms. The zero-order valence-corrected chi connectivity index (χ0v) is 14.5. The molecule has 0 radical (unpaired) electrons. The molecule has 0 heterocycles. The maximum atomic E-state index is 13.0. The number of fused-ring (bicyclic) bond motifs is 2. The van der Waals surface area contributed by atoms with Crippen molar-refractivity contribution in [2.24, 2.45) is 0 Å². The van der Waals surface area contributed by atoms with Gasteiger partial charge in [-0.25, -0.2) is 0 Å². The molecule has 0 fully saturated rings. The van der Waals surface area contributed by atoms with Gasteiger partial charge in [-0.1, -0.05) is 12.1 Å². The first-order chi connectivity index (χ1) is 12.5. The van der Waals surface area contributed by atoms with Crippen LogP contribution in [-0.2, 0) is 9.53 Å². The van der Waals surface area contributed by atoms with Gasteiger partial charge in [0.15, 0.2) is 5.78 Å². The number of carbonyl (C=O) groups excluding carboxylic acids is 3. The van der Waals surface area contributed by atoms with Crippen molar-refractivity contribution >= 4 is 23.2 Å². The first-order valence-electron chi connectivity index (χ1n) is 7.79. The molecule has 0 spiro atoms. The first kappa shape index (κ1) is 17.6. The average Bonchev–Trinajstić information content (AvgIpc) is 2.64. The maximum absolute atomic E-state index is 13.0. The number of hydrogen-bond donors (Lipinski definition) is 1. The minimum atomic E-state index is -0.383. The van der Waals surface area contributed by atoms with Gasteiger partial charge >= 0.3 is 0 Å². The third kappa shape index (κ3) is 2.82. The van der Waals surface area contributed by atoms with Crippen molar-refractivity contribution < 1.29 is 28.6 Å². The van der Waals surface area contributed by atoms with Crippen LogP contribution < -0.4 is 14.8 Å². The Morgan fingerprint density at radius 2 is 1.62 bits per heavy atom. The summed E-state index contributed by atoms with van der Waals surface area (Å²) in [6.07, 6.45) is 0. The zero-order chi connectivity index (χ0) is 18.8. The summed E-state index contributed by atoms with van der Waals surface area (Å²) in [6.45, 7) is -0.133. The topological polar surface area (TPSA) is 90.9 Å². The highest BCUT2D eigenvalue weighted by atomic mass is 16.5. The molecule has 0 bridgehead atoms. The predicted octanol–water partition coefficient (Wildman–Crippen LogP) is 2.06. The number of carbonyl (C=O) groups is 3. The Hall–Kier alpha value is -3.19. The summed E-state index contributed by atoms with van der Waals surface area (Å²) < 4.78 is 15.3. The molecule has 134 valence electrons. The second kappa shape index (κ2) is 6.97. The van der Waals surface area contributed by atoms with Gasteiger partial charge in [-0.2, -0.15) is 0 Å². The lowest BCUT2D eigenvalue weighted by atomic mass is 9.82. The molecular formula is C19H17NO6. The van der Waals surface area contributed by atoms with Gasteiger partial charge in [-0.3, -0.25) is 14.4 Å². The Labute approximate surface area is 149 Å². The summed E-state index contributed by atoms with van der Waals surface area (Å²) in [6, 6.07) is 7.81. The van der Waals surface area contributed by atoms with Crippen LogP contribution in [0.3, 0.4) is 0 Å². The average molecular weight is 355 g/mol. The molecule has 26 heavy (non-hydrogen) atoms. The summed E-state index contributed by atoms with van der Waals surface area (Å²) in [4.78, 5) is 37.7. The van der Waals surface area contributed by atoms with Crippen molar-refractivity contribution in [2.75, 3.05) is 33.3 Å². The number of amides is 1. The lowest BCUT2D eigenvalue weighted by Crippen LogP contribution is -2.24. The van der Waals surface area contributed by atoms with Crippen molar-refractivity contribution in [3.8, 4) is 11.5 Å². The summed E-state index contributed by atoms with van der Waals surface area (Å²) in [5.41, 5.74) is 1.13. The van der Waals surface area contributed by atoms with Gasteiger partial charge in [0.1, 0.15) is 18.1 Å². The van der Waals surface area contributed by atoms with Gasteiger partial charge in [0.2, 0.25) is 11.7 Å². The van der Waals surface area contributed by atoms with Crippen LogP contribution in [0.5, 0.6) is 11.5 Å². The second-order valence-electron chi connectivity index (χ2n) is 5.62. The van der Waals surface area contributed by atoms with Crippen LogP contribution in [0, 0.1) is 0 Å². The van der Waals surface area contributed by atoms with E-state index in [1.807, 2.05) is 0 Å². The van der Waals surface area contributed by atoms with Crippen LogP contribution in [0.1, 0.15) is 31.8 Å². The minimum absolute atomic E-state index is 0.133. The third-order valence-corrected chi connectivity index (χ3v) is 4.07. The van der Waals surface area contributed by atoms with E-state index in [1.54, 1.807) is 18.2 Å². The molecule has 3 rings (SSSR count). The molecule has 2 aromatic rings. The van der Waals surface area contributed by atoms with Gasteiger partial charge < -0.3 is 19.5 Å². The van der Waals surface area contributed by atoms with Gasteiger partial charge in [-0.05, 0) is 12.1 Å². The Morgan fingerprint density at radius 3 is 2.27 bits per heavy atom. The number of benzene rings is 2. The number of methoxy groups -OCH3 is 3. The number of ether oxygens (including phenoxy) is 3. The number of hydrogen-bond acceptors (Lipinski definition) is 6. The Bertz CT molecular complexity index is 918. The lowest BCUT2D eigenvalue weighted by molar-refractivity contribution is -0.119. The van der Waals surface area contributed by atoms with E-state index in [1.165, 1.54) is 33.5 Å². The van der Waals surface area contributed by atoms with E-state index in [0.717, 1.165) is 0 Å². The highest BCUT2D eigenvalue weighted by molar-refractivity contribution is 6.30. The van der Waals surface area contributed by atoms with Crippen LogP contribution in [0.15, 0.2) is 30.3 Å². The summed E-state index contributed by atoms with van der Waals surface area (Å²) in [7, 11) is 4.24. The number of ketones is 2. The van der Waals surface area contributed by atoms with Crippen LogP contribution >= 0.6 is 0 Å². The quantitative estimate of drug-likeness (QED) is 0.753. The highest BCUT2D eigenvalue weighted by Crippen LogP contribution is 2.38. The number of anilines is 1. The monoisotopic (exact) mass is 355 g/mol. The zero-order valence-electron chi connectivity index (χ0n) is 14.5. The maximum Gasteiger partial charge on any atom is 0.250 e. The fraction of sp³-hybridized carbons (Fsp3) is 0.211. The van der Waals surface area contributed by atoms with Crippen LogP contribution in [0.2, 0.25) is 0 Å². The van der Waals surface area contributed by atoms with Crippen molar-refractivity contribution in [2.45, 2.75) is 0 Å². The van der Waals surface area contributed by atoms with E-state index in [-0.39, 0.29) is 52.1 Å². The standard InChI is InChI=1S/C19H17NO6/c1-24-9-15(21)20-10-7-12-17(14(8-10)26-3)19(23)16-11(18(12)22)5-4-6-13(16)25-2/h4-8H,9H2,1-3H3,(H,20,21). The van der Waals surface area contributed by atoms with Crippen LogP contribution in [-0.4, -0.2) is 45.4 Å². The van der Waals surface area contributed by atoms with E-state index >= 15 is 0 Å². The lowest BCUT2D eigenvalue weighted by Gasteiger charge is -2.22. The molecule has 1 aliphatic carbocycles. The number of nitrogens with one attached hydrogen (secondary N) is 1. The number of rotatable bonds is 5. The van der Waals surface area contributed by atoms with Crippen molar-refractivity contribution in [1.29, 1.82) is 0 Å². The molecule has 0 unspecified atom stereocenters. The van der Waals surface area contributed by atoms with E-state index in [4.69, 9.17) is 14.2 Å². The summed E-state index contributed by atoms with van der Waals surface area (Å²) >= 11 is 0. The largest absolute Gasteiger partial charge is 0.496 e. The Balaban J connectivity index is 2.16. The van der Waals surface area contributed by atoms with E-state index in [0.29, 0.717) is 11.4 Å². The first-order valence-corrected chi connectivity index (χ1v) is 7.79. The van der Waals surface area contributed by atoms with E-state index in [9.17, 15) is 14.4 Å². The molecule has 0 atom stereocenters. The molecule has 0 aliphatic heterocycles. The van der Waals surface area contributed by atoms with Crippen molar-refractivity contribution in [3.05, 3.63) is 52.6 Å². The molecule has 0 saturated heterocycles. The Kier molecular flexibility index (Phi) is 4.73. The van der Waals surface area contributed by atoms with Gasteiger partial charge in [0, 0.05) is 30.0 Å². The SMILES string of the molecule is COCC(=O)Nc1cc(OC)c2c(c1)C(=O)c1cccc(OC)c1C2=O. The second-order valence-corrected chi connectivity index (χ2v) is 5.62. The van der Waals surface area contributed by atoms with Crippen molar-refractivity contribution in [3.63, 3.8) is 0 Å². The molecule has 1 N–H and O–H groups in total. The summed E-state index contributed by atoms with van der Waals surface area (Å²) in [5.74, 6) is -0.560. The fourth-order valence-electron chi connectivity index (χ4n) is 2.98. The van der Waals surface area contributed by atoms with E-state index < -0.39 is 0 Å². The molecule has 1 aliphatic rings. The fourth-order valence-corrected chi connectivity index (χ4v) is 2.98. The molecule has 7 nitrogen and oxygen atoms in total. The highest BCUT2D eigenvalue weighted by Gasteiger charge is 2.35. The molecule has 0 saturated carbocycles. The van der Waals surface area contributed by atoms with E-state index in [2.05, 4.69) is 5.32 Å². The molecule has 2 aromatic carbocycles. The molecular weight excluding hydrogens is 338 g/mol. The van der Waals surface area contributed by atoms with Gasteiger partial charge in [-0.15, -0.1) is 0 Å². The smallest absolute Gasteiger partial charge is 0.250 e. The minimum Gasteiger partial charge on any atom is -0.496 e. The van der Waals surface area contributed by atoms with Crippen molar-refractivity contribution in [1.82, 2.24) is 0 Å². The van der Waals surface area contributed by atoms with Crippen LogP contribution in [0.25, 0.3) is 0 Å². The van der Waals surface area contributed by atoms with Gasteiger partial charge in [0.05, 0.1) is 25.3 Å². The molecule has 0 aromatic heterocycles. The molecule has 1 amide bonds. The normalized spacial score (nSPS) is 12.3. The summed E-state index contributed by atoms with van der Waals surface area (Å²) in [5, 5.41) is 2.62. The van der Waals surface area contributed by atoms with Crippen LogP contribution in [0.4, 0.5) is 5.69 Å². The Morgan fingerprint density at radius 1 is 0.923 bits per heavy atom. The van der Waals surface area contributed by atoms with Gasteiger partial charge in [0.25, 0.3) is 0 Å². The third-order valence-electron chi connectivity index (χ3n) is 4.07.